The molecule has 0 saturated carbocycles. The van der Waals surface area contributed by atoms with E-state index in [4.69, 9.17) is 4.74 Å². The standard InChI is InChI=1S/C34H34FN7O2/c1-34(2,3)33(43)38-24-12-21(17-36-19-24)22-14-28-31(40-41-32(28)37-18-22)30-16-27-26(7-6-8-29(27)39-30)20-11-23(35)15-25(13-20)44-10-9-42(4)5/h6-8,11-19,39H,9-10H2,1-5H3,(H,38,43)(H,37,40,41). The summed E-state index contributed by atoms with van der Waals surface area (Å²) < 4.78 is 20.5. The lowest BCUT2D eigenvalue weighted by molar-refractivity contribution is -0.123. The van der Waals surface area contributed by atoms with Gasteiger partial charge in [-0.1, -0.05) is 32.9 Å². The molecule has 0 atom stereocenters. The second-order valence-electron chi connectivity index (χ2n) is 12.1. The summed E-state index contributed by atoms with van der Waals surface area (Å²) in [4.78, 5) is 26.9. The lowest BCUT2D eigenvalue weighted by Gasteiger charge is -2.17. The molecule has 224 valence electrons. The second-order valence-corrected chi connectivity index (χ2v) is 12.1. The van der Waals surface area contributed by atoms with Crippen LogP contribution in [0, 0.1) is 11.2 Å². The summed E-state index contributed by atoms with van der Waals surface area (Å²) in [7, 11) is 3.93. The van der Waals surface area contributed by atoms with E-state index in [1.165, 1.54) is 12.1 Å². The average molecular weight is 592 g/mol. The Morgan fingerprint density at radius 1 is 0.977 bits per heavy atom. The van der Waals surface area contributed by atoms with Gasteiger partial charge in [0.05, 0.1) is 23.3 Å². The Morgan fingerprint density at radius 3 is 2.59 bits per heavy atom. The number of hydrogen-bond donors (Lipinski definition) is 3. The molecule has 4 aromatic heterocycles. The van der Waals surface area contributed by atoms with Gasteiger partial charge in [0.1, 0.15) is 18.2 Å². The van der Waals surface area contributed by atoms with Crippen LogP contribution in [0.25, 0.3) is 55.6 Å². The maximum absolute atomic E-state index is 14.7. The molecule has 6 rings (SSSR count). The summed E-state index contributed by atoms with van der Waals surface area (Å²) >= 11 is 0. The molecule has 0 aliphatic rings. The number of aromatic nitrogens is 5. The third-order valence-electron chi connectivity index (χ3n) is 7.34. The molecule has 0 radical (unpaired) electrons. The number of amides is 1. The molecule has 0 spiro atoms. The van der Waals surface area contributed by atoms with Crippen molar-refractivity contribution in [3.8, 4) is 39.4 Å². The number of carbonyl (C=O) groups excluding carboxylic acids is 1. The Kier molecular flexibility index (Phi) is 7.60. The fourth-order valence-electron chi connectivity index (χ4n) is 4.94. The highest BCUT2D eigenvalue weighted by atomic mass is 19.1. The number of pyridine rings is 2. The van der Waals surface area contributed by atoms with E-state index in [9.17, 15) is 9.18 Å². The summed E-state index contributed by atoms with van der Waals surface area (Å²) in [5, 5.41) is 12.3. The molecule has 0 saturated heterocycles. The molecule has 6 aromatic rings. The van der Waals surface area contributed by atoms with Gasteiger partial charge < -0.3 is 19.9 Å². The van der Waals surface area contributed by atoms with Crippen LogP contribution in [0.3, 0.4) is 0 Å². The van der Waals surface area contributed by atoms with Crippen molar-refractivity contribution in [2.45, 2.75) is 20.8 Å². The number of nitrogens with zero attached hydrogens (tertiary/aromatic N) is 4. The van der Waals surface area contributed by atoms with Gasteiger partial charge in [-0.25, -0.2) is 9.37 Å². The van der Waals surface area contributed by atoms with Crippen LogP contribution >= 0.6 is 0 Å². The van der Waals surface area contributed by atoms with Crippen molar-refractivity contribution in [1.29, 1.82) is 0 Å². The van der Waals surface area contributed by atoms with Crippen molar-refractivity contribution < 1.29 is 13.9 Å². The smallest absolute Gasteiger partial charge is 0.229 e. The van der Waals surface area contributed by atoms with E-state index in [-0.39, 0.29) is 11.7 Å². The third kappa shape index (κ3) is 6.02. The number of hydrogen-bond acceptors (Lipinski definition) is 6. The Morgan fingerprint density at radius 2 is 1.80 bits per heavy atom. The molecular formula is C34H34FN7O2. The van der Waals surface area contributed by atoms with Gasteiger partial charge in [-0.05, 0) is 61.6 Å². The van der Waals surface area contributed by atoms with Crippen molar-refractivity contribution in [3.63, 3.8) is 0 Å². The molecule has 0 fully saturated rings. The van der Waals surface area contributed by atoms with E-state index in [2.05, 4.69) is 30.5 Å². The fourth-order valence-corrected chi connectivity index (χ4v) is 4.94. The summed E-state index contributed by atoms with van der Waals surface area (Å²) in [6, 6.07) is 16.6. The molecular weight excluding hydrogens is 557 g/mol. The van der Waals surface area contributed by atoms with Crippen LogP contribution in [0.2, 0.25) is 0 Å². The Bertz CT molecular complexity index is 1990. The van der Waals surface area contributed by atoms with E-state index in [1.807, 2.05) is 82.2 Å². The van der Waals surface area contributed by atoms with E-state index < -0.39 is 5.41 Å². The highest BCUT2D eigenvalue weighted by molar-refractivity contribution is 6.01. The van der Waals surface area contributed by atoms with Crippen molar-refractivity contribution >= 4 is 33.5 Å². The third-order valence-corrected chi connectivity index (χ3v) is 7.34. The van der Waals surface area contributed by atoms with Gasteiger partial charge in [-0.15, -0.1) is 0 Å². The molecule has 1 amide bonds. The van der Waals surface area contributed by atoms with Crippen molar-refractivity contribution in [1.82, 2.24) is 30.0 Å². The number of aromatic amines is 2. The first kappa shape index (κ1) is 29.0. The number of ether oxygens (including phenoxy) is 1. The second kappa shape index (κ2) is 11.5. The first-order chi connectivity index (χ1) is 21.0. The number of nitrogens with one attached hydrogen (secondary N) is 3. The summed E-state index contributed by atoms with van der Waals surface area (Å²) in [6.07, 6.45) is 5.11. The molecule has 0 aliphatic carbocycles. The van der Waals surface area contributed by atoms with Crippen LogP contribution in [-0.2, 0) is 4.79 Å². The lowest BCUT2D eigenvalue weighted by atomic mass is 9.95. The van der Waals surface area contributed by atoms with Gasteiger partial charge in [0.15, 0.2) is 5.65 Å². The van der Waals surface area contributed by atoms with Crippen LogP contribution in [0.15, 0.2) is 73.2 Å². The van der Waals surface area contributed by atoms with Crippen LogP contribution in [-0.4, -0.2) is 63.2 Å². The van der Waals surface area contributed by atoms with Gasteiger partial charge >= 0.3 is 0 Å². The molecule has 44 heavy (non-hydrogen) atoms. The number of benzene rings is 2. The van der Waals surface area contributed by atoms with Crippen LogP contribution in [0.4, 0.5) is 10.1 Å². The van der Waals surface area contributed by atoms with Crippen molar-refractivity contribution in [2.24, 2.45) is 5.41 Å². The van der Waals surface area contributed by atoms with E-state index in [0.717, 1.165) is 56.5 Å². The highest BCUT2D eigenvalue weighted by Gasteiger charge is 2.21. The Balaban J connectivity index is 1.35. The zero-order valence-electron chi connectivity index (χ0n) is 25.3. The SMILES string of the molecule is CN(C)CCOc1cc(F)cc(-c2cccc3[nH]c(-c4[nH]nc5ncc(-c6cncc(NC(=O)C(C)(C)C)c6)cc45)cc23)c1. The minimum absolute atomic E-state index is 0.0911. The van der Waals surface area contributed by atoms with Crippen LogP contribution < -0.4 is 10.1 Å². The molecule has 0 bridgehead atoms. The zero-order valence-corrected chi connectivity index (χ0v) is 25.3. The predicted octanol–water partition coefficient (Wildman–Crippen LogP) is 6.90. The first-order valence-corrected chi connectivity index (χ1v) is 14.4. The molecule has 3 N–H and O–H groups in total. The quantitative estimate of drug-likeness (QED) is 0.178. The zero-order chi connectivity index (χ0) is 31.0. The van der Waals surface area contributed by atoms with E-state index in [1.54, 1.807) is 18.6 Å². The van der Waals surface area contributed by atoms with Gasteiger partial charge in [-0.2, -0.15) is 5.10 Å². The van der Waals surface area contributed by atoms with E-state index >= 15 is 0 Å². The molecule has 0 aliphatic heterocycles. The predicted molar refractivity (Wildman–Crippen MR) is 172 cm³/mol. The summed E-state index contributed by atoms with van der Waals surface area (Å²) in [5.41, 5.74) is 6.39. The Labute approximate surface area is 254 Å². The highest BCUT2D eigenvalue weighted by Crippen LogP contribution is 2.36. The molecule has 4 heterocycles. The number of likely N-dealkylation sites (N-methyl/N-ethyl adjacent to an activating group) is 1. The lowest BCUT2D eigenvalue weighted by Crippen LogP contribution is -2.27. The van der Waals surface area contributed by atoms with Crippen molar-refractivity contribution in [2.75, 3.05) is 32.6 Å². The Hall–Kier alpha value is -5.09. The summed E-state index contributed by atoms with van der Waals surface area (Å²) in [6.45, 7) is 6.78. The van der Waals surface area contributed by atoms with Gasteiger partial charge in [0.25, 0.3) is 0 Å². The van der Waals surface area contributed by atoms with Gasteiger partial charge in [0.2, 0.25) is 5.91 Å². The summed E-state index contributed by atoms with van der Waals surface area (Å²) in [5.74, 6) is 0.0424. The number of halogens is 1. The number of H-pyrrole nitrogens is 2. The molecule has 9 nitrogen and oxygen atoms in total. The van der Waals surface area contributed by atoms with Gasteiger partial charge in [-0.3, -0.25) is 14.9 Å². The molecule has 2 aromatic carbocycles. The number of anilines is 1. The van der Waals surface area contributed by atoms with Crippen LogP contribution in [0.5, 0.6) is 5.75 Å². The minimum atomic E-state index is -0.529. The fraction of sp³-hybridized carbons (Fsp3) is 0.235. The molecule has 0 unspecified atom stereocenters. The largest absolute Gasteiger partial charge is 0.492 e. The van der Waals surface area contributed by atoms with E-state index in [0.29, 0.717) is 23.7 Å². The average Bonchev–Trinajstić information content (AvgIpc) is 3.60. The normalized spacial score (nSPS) is 11.9. The van der Waals surface area contributed by atoms with Crippen LogP contribution in [0.1, 0.15) is 20.8 Å². The number of carbonyl (C=O) groups is 1. The minimum Gasteiger partial charge on any atom is -0.492 e. The topological polar surface area (TPSA) is 112 Å². The maximum atomic E-state index is 14.7. The van der Waals surface area contributed by atoms with Crippen molar-refractivity contribution in [3.05, 3.63) is 79.0 Å². The first-order valence-electron chi connectivity index (χ1n) is 14.4. The number of rotatable bonds is 8. The maximum Gasteiger partial charge on any atom is 0.229 e. The molecule has 10 heteroatoms. The monoisotopic (exact) mass is 591 g/mol. The van der Waals surface area contributed by atoms with Gasteiger partial charge in [0, 0.05) is 57.8 Å². The number of fused-ring (bicyclic) bond motifs is 2.